The monoisotopic (exact) mass is 333 g/mol. The second-order valence-corrected chi connectivity index (χ2v) is 7.38. The summed E-state index contributed by atoms with van der Waals surface area (Å²) in [6.45, 7) is 8.71. The summed E-state index contributed by atoms with van der Waals surface area (Å²) in [6, 6.07) is 0. The van der Waals surface area contributed by atoms with Crippen molar-refractivity contribution in [1.82, 2.24) is 14.9 Å². The van der Waals surface area contributed by atoms with Crippen molar-refractivity contribution in [3.63, 3.8) is 0 Å². The summed E-state index contributed by atoms with van der Waals surface area (Å²) >= 11 is 0. The molecule has 0 unspecified atom stereocenters. The zero-order chi connectivity index (χ0) is 17.2. The van der Waals surface area contributed by atoms with Gasteiger partial charge in [0.25, 0.3) is 0 Å². The third-order valence-corrected chi connectivity index (χ3v) is 4.87. The van der Waals surface area contributed by atoms with Crippen LogP contribution in [0.2, 0.25) is 0 Å². The highest BCUT2D eigenvalue weighted by atomic mass is 16.5. The molecule has 3 rings (SSSR count). The van der Waals surface area contributed by atoms with Crippen molar-refractivity contribution in [1.29, 1.82) is 0 Å². The average molecular weight is 333 g/mol. The first kappa shape index (κ1) is 17.1. The van der Waals surface area contributed by atoms with Gasteiger partial charge in [-0.05, 0) is 32.1 Å². The van der Waals surface area contributed by atoms with Gasteiger partial charge >= 0.3 is 0 Å². The molecule has 1 amide bonds. The third-order valence-electron chi connectivity index (χ3n) is 4.87. The summed E-state index contributed by atoms with van der Waals surface area (Å²) in [7, 11) is 0. The first-order valence-electron chi connectivity index (χ1n) is 8.82. The predicted octanol–water partition coefficient (Wildman–Crippen LogP) is 2.22. The molecule has 0 radical (unpaired) electrons. The summed E-state index contributed by atoms with van der Waals surface area (Å²) in [5, 5.41) is 0. The smallest absolute Gasteiger partial charge is 0.232 e. The Bertz CT molecular complexity index is 585. The van der Waals surface area contributed by atoms with Crippen molar-refractivity contribution < 1.29 is 14.3 Å². The molecule has 0 aliphatic carbocycles. The van der Waals surface area contributed by atoms with E-state index >= 15 is 0 Å². The van der Waals surface area contributed by atoms with E-state index in [0.717, 1.165) is 44.7 Å². The molecule has 2 aliphatic rings. The molecular weight excluding hydrogens is 306 g/mol. The van der Waals surface area contributed by atoms with Gasteiger partial charge in [0.05, 0.1) is 31.6 Å². The topological polar surface area (TPSA) is 64.6 Å². The second-order valence-electron chi connectivity index (χ2n) is 7.38. The van der Waals surface area contributed by atoms with Crippen LogP contribution in [-0.4, -0.2) is 52.7 Å². The molecule has 2 aliphatic heterocycles. The van der Waals surface area contributed by atoms with Gasteiger partial charge in [-0.25, -0.2) is 4.98 Å². The Morgan fingerprint density at radius 3 is 2.96 bits per heavy atom. The van der Waals surface area contributed by atoms with E-state index in [9.17, 15) is 4.79 Å². The summed E-state index contributed by atoms with van der Waals surface area (Å²) in [6.07, 6.45) is 6.43. The van der Waals surface area contributed by atoms with Crippen LogP contribution in [0.15, 0.2) is 12.4 Å². The van der Waals surface area contributed by atoms with E-state index < -0.39 is 0 Å². The van der Waals surface area contributed by atoms with Crippen LogP contribution in [0.5, 0.6) is 5.88 Å². The molecule has 0 aromatic carbocycles. The van der Waals surface area contributed by atoms with Gasteiger partial charge in [-0.2, -0.15) is 0 Å². The number of nitrogens with zero attached hydrogens (tertiary/aromatic N) is 3. The molecule has 0 saturated carbocycles. The SMILES string of the molecule is Cc1cncc(OCC[C@H]2CCOC3(C2)CN(C(=O)C(C)C)C3)n1. The molecule has 24 heavy (non-hydrogen) atoms. The van der Waals surface area contributed by atoms with Gasteiger partial charge in [0.1, 0.15) is 5.60 Å². The van der Waals surface area contributed by atoms with E-state index in [0.29, 0.717) is 18.4 Å². The number of hydrogen-bond donors (Lipinski definition) is 0. The Balaban J connectivity index is 1.44. The molecule has 2 fully saturated rings. The van der Waals surface area contributed by atoms with E-state index in [1.165, 1.54) is 0 Å². The lowest BCUT2D eigenvalue weighted by atomic mass is 9.79. The Labute approximate surface area is 143 Å². The van der Waals surface area contributed by atoms with Crippen molar-refractivity contribution in [2.75, 3.05) is 26.3 Å². The molecule has 1 atom stereocenters. The summed E-state index contributed by atoms with van der Waals surface area (Å²) in [5.74, 6) is 1.46. The average Bonchev–Trinajstić information content (AvgIpc) is 2.52. The first-order chi connectivity index (χ1) is 11.5. The second kappa shape index (κ2) is 7.05. The standard InChI is InChI=1S/C18H27N3O3/c1-13(2)17(22)21-11-18(12-21)8-15(5-7-24-18)4-6-23-16-10-19-9-14(3)20-16/h9-10,13,15H,4-8,11-12H2,1-3H3/t15-/m0/s1. The maximum atomic E-state index is 12.0. The van der Waals surface area contributed by atoms with Gasteiger partial charge in [-0.3, -0.25) is 9.78 Å². The fourth-order valence-corrected chi connectivity index (χ4v) is 3.61. The molecule has 0 N–H and O–H groups in total. The number of amides is 1. The van der Waals surface area contributed by atoms with Crippen molar-refractivity contribution in [2.24, 2.45) is 11.8 Å². The zero-order valence-electron chi connectivity index (χ0n) is 14.8. The Hall–Kier alpha value is -1.69. The molecule has 0 bridgehead atoms. The van der Waals surface area contributed by atoms with E-state index in [4.69, 9.17) is 9.47 Å². The molecule has 1 aromatic heterocycles. The lowest BCUT2D eigenvalue weighted by Gasteiger charge is -2.53. The van der Waals surface area contributed by atoms with Gasteiger partial charge in [-0.15, -0.1) is 0 Å². The number of ether oxygens (including phenoxy) is 2. The minimum Gasteiger partial charge on any atom is -0.477 e. The number of rotatable bonds is 5. The van der Waals surface area contributed by atoms with Crippen LogP contribution in [0.4, 0.5) is 0 Å². The highest BCUT2D eigenvalue weighted by Crippen LogP contribution is 2.38. The summed E-state index contributed by atoms with van der Waals surface area (Å²) in [4.78, 5) is 22.3. The number of hydrogen-bond acceptors (Lipinski definition) is 5. The van der Waals surface area contributed by atoms with Crippen molar-refractivity contribution in [2.45, 2.75) is 45.6 Å². The van der Waals surface area contributed by atoms with Crippen molar-refractivity contribution in [3.8, 4) is 5.88 Å². The Morgan fingerprint density at radius 1 is 1.46 bits per heavy atom. The largest absolute Gasteiger partial charge is 0.477 e. The van der Waals surface area contributed by atoms with Gasteiger partial charge in [0.15, 0.2) is 0 Å². The Morgan fingerprint density at radius 2 is 2.25 bits per heavy atom. The van der Waals surface area contributed by atoms with E-state index in [2.05, 4.69) is 9.97 Å². The zero-order valence-corrected chi connectivity index (χ0v) is 14.8. The maximum absolute atomic E-state index is 12.0. The molecule has 132 valence electrons. The van der Waals surface area contributed by atoms with Crippen molar-refractivity contribution >= 4 is 5.91 Å². The molecule has 6 heteroatoms. The number of carbonyl (C=O) groups is 1. The van der Waals surface area contributed by atoms with Gasteiger partial charge < -0.3 is 14.4 Å². The number of carbonyl (C=O) groups excluding carboxylic acids is 1. The van der Waals surface area contributed by atoms with E-state index in [-0.39, 0.29) is 17.4 Å². The lowest BCUT2D eigenvalue weighted by molar-refractivity contribution is -0.190. The van der Waals surface area contributed by atoms with Crippen LogP contribution in [0.3, 0.4) is 0 Å². The summed E-state index contributed by atoms with van der Waals surface area (Å²) < 4.78 is 11.7. The molecular formula is C18H27N3O3. The minimum absolute atomic E-state index is 0.0607. The summed E-state index contributed by atoms with van der Waals surface area (Å²) in [5.41, 5.74) is 0.748. The quantitative estimate of drug-likeness (QED) is 0.827. The molecule has 2 saturated heterocycles. The van der Waals surface area contributed by atoms with Crippen LogP contribution in [0.25, 0.3) is 0 Å². The fourth-order valence-electron chi connectivity index (χ4n) is 3.61. The minimum atomic E-state index is -0.114. The van der Waals surface area contributed by atoms with Gasteiger partial charge in [0, 0.05) is 18.7 Å². The molecule has 1 aromatic rings. The van der Waals surface area contributed by atoms with Crippen molar-refractivity contribution in [3.05, 3.63) is 18.1 Å². The molecule has 1 spiro atoms. The van der Waals surface area contributed by atoms with Gasteiger partial charge in [-0.1, -0.05) is 13.8 Å². The van der Waals surface area contributed by atoms with E-state index in [1.54, 1.807) is 12.4 Å². The van der Waals surface area contributed by atoms with Crippen LogP contribution >= 0.6 is 0 Å². The number of likely N-dealkylation sites (tertiary alicyclic amines) is 1. The van der Waals surface area contributed by atoms with Gasteiger partial charge in [0.2, 0.25) is 11.8 Å². The lowest BCUT2D eigenvalue weighted by Crippen LogP contribution is -2.67. The van der Waals surface area contributed by atoms with Crippen LogP contribution in [-0.2, 0) is 9.53 Å². The highest BCUT2D eigenvalue weighted by molar-refractivity contribution is 5.79. The van der Waals surface area contributed by atoms with Crippen LogP contribution in [0, 0.1) is 18.8 Å². The van der Waals surface area contributed by atoms with Crippen LogP contribution < -0.4 is 4.74 Å². The van der Waals surface area contributed by atoms with E-state index in [1.807, 2.05) is 25.7 Å². The highest BCUT2D eigenvalue weighted by Gasteiger charge is 2.49. The Kier molecular flexibility index (Phi) is 5.04. The first-order valence-corrected chi connectivity index (χ1v) is 8.82. The molecule has 6 nitrogen and oxygen atoms in total. The van der Waals surface area contributed by atoms with Crippen LogP contribution in [0.1, 0.15) is 38.8 Å². The number of aryl methyl sites for hydroxylation is 1. The fraction of sp³-hybridized carbons (Fsp3) is 0.722. The molecule has 3 heterocycles. The third kappa shape index (κ3) is 3.86. The normalized spacial score (nSPS) is 22.5. The predicted molar refractivity (Wildman–Crippen MR) is 89.7 cm³/mol. The number of aromatic nitrogens is 2. The maximum Gasteiger partial charge on any atom is 0.232 e.